The third-order valence-electron chi connectivity index (χ3n) is 3.63. The highest BCUT2D eigenvalue weighted by atomic mass is 32.1. The summed E-state index contributed by atoms with van der Waals surface area (Å²) in [5, 5.41) is 12.2. The number of nitrogens with one attached hydrogen (secondary N) is 1. The van der Waals surface area contributed by atoms with Gasteiger partial charge in [0.1, 0.15) is 5.01 Å². The van der Waals surface area contributed by atoms with Crippen molar-refractivity contribution in [3.05, 3.63) is 5.01 Å². The van der Waals surface area contributed by atoms with Crippen LogP contribution in [0, 0.1) is 5.92 Å². The normalized spacial score (nSPS) is 19.5. The van der Waals surface area contributed by atoms with Crippen molar-refractivity contribution in [2.75, 3.05) is 25.6 Å². The molecule has 0 spiro atoms. The maximum Gasteiger partial charge on any atom is 0.231 e. The molecule has 1 aromatic heterocycles. The zero-order valence-electron chi connectivity index (χ0n) is 13.2. The first-order chi connectivity index (χ1) is 10.5. The molecule has 1 aliphatic heterocycles. The number of carbonyl (C=O) groups excluding carboxylic acids is 2. The number of anilines is 1. The summed E-state index contributed by atoms with van der Waals surface area (Å²) in [7, 11) is 1.60. The Kier molecular flexibility index (Phi) is 5.84. The molecular weight excluding hydrogens is 304 g/mol. The summed E-state index contributed by atoms with van der Waals surface area (Å²) in [5.74, 6) is -0.515. The van der Waals surface area contributed by atoms with Crippen molar-refractivity contribution in [1.82, 2.24) is 15.1 Å². The largest absolute Gasteiger partial charge is 0.383 e. The second-order valence-electron chi connectivity index (χ2n) is 5.49. The van der Waals surface area contributed by atoms with Crippen molar-refractivity contribution in [3.8, 4) is 0 Å². The highest BCUT2D eigenvalue weighted by Gasteiger charge is 2.36. The Balaban J connectivity index is 1.91. The van der Waals surface area contributed by atoms with Crippen LogP contribution in [0.1, 0.15) is 31.7 Å². The van der Waals surface area contributed by atoms with Crippen LogP contribution in [0.25, 0.3) is 0 Å². The average molecular weight is 326 g/mol. The smallest absolute Gasteiger partial charge is 0.231 e. The van der Waals surface area contributed by atoms with E-state index in [1.807, 2.05) is 6.92 Å². The van der Waals surface area contributed by atoms with E-state index in [2.05, 4.69) is 22.4 Å². The van der Waals surface area contributed by atoms with E-state index in [4.69, 9.17) is 4.74 Å². The van der Waals surface area contributed by atoms with Crippen LogP contribution in [0.4, 0.5) is 5.13 Å². The standard InChI is InChI=1S/C14H22N4O3S/c1-4-5-11-16-17-14(22-11)15-13(20)10-6-12(19)18(7-10)9(2)8-21-3/h9-10H,4-8H2,1-3H3,(H,15,17,20)/t9-,10-/m1/s1. The van der Waals surface area contributed by atoms with Crippen molar-refractivity contribution in [2.45, 2.75) is 39.2 Å². The van der Waals surface area contributed by atoms with Crippen LogP contribution in [0.2, 0.25) is 0 Å². The molecule has 0 aliphatic carbocycles. The Morgan fingerprint density at radius 2 is 2.32 bits per heavy atom. The van der Waals surface area contributed by atoms with Crippen LogP contribution in [-0.4, -0.2) is 53.2 Å². The van der Waals surface area contributed by atoms with E-state index < -0.39 is 0 Å². The molecule has 0 saturated carbocycles. The van der Waals surface area contributed by atoms with Crippen LogP contribution in [0.3, 0.4) is 0 Å². The van der Waals surface area contributed by atoms with Crippen LogP contribution in [0.5, 0.6) is 0 Å². The maximum absolute atomic E-state index is 12.3. The molecular formula is C14H22N4O3S. The Hall–Kier alpha value is -1.54. The fourth-order valence-corrected chi connectivity index (χ4v) is 3.34. The van der Waals surface area contributed by atoms with Crippen LogP contribution < -0.4 is 5.32 Å². The molecule has 122 valence electrons. The van der Waals surface area contributed by atoms with Crippen molar-refractivity contribution in [3.63, 3.8) is 0 Å². The van der Waals surface area contributed by atoms with Gasteiger partial charge >= 0.3 is 0 Å². The number of aromatic nitrogens is 2. The Bertz CT molecular complexity index is 534. The van der Waals surface area contributed by atoms with Gasteiger partial charge in [0, 0.05) is 26.5 Å². The molecule has 22 heavy (non-hydrogen) atoms. The molecule has 2 rings (SSSR count). The Morgan fingerprint density at radius 1 is 1.55 bits per heavy atom. The summed E-state index contributed by atoms with van der Waals surface area (Å²) in [6, 6.07) is -0.0204. The minimum absolute atomic E-state index is 0.00589. The lowest BCUT2D eigenvalue weighted by Gasteiger charge is -2.23. The fourth-order valence-electron chi connectivity index (χ4n) is 2.49. The number of likely N-dealkylation sites (tertiary alicyclic amines) is 1. The number of methoxy groups -OCH3 is 1. The van der Waals surface area contributed by atoms with E-state index in [0.717, 1.165) is 17.8 Å². The van der Waals surface area contributed by atoms with Crippen molar-refractivity contribution < 1.29 is 14.3 Å². The second kappa shape index (κ2) is 7.64. The summed E-state index contributed by atoms with van der Waals surface area (Å²) in [6.07, 6.45) is 2.09. The molecule has 1 N–H and O–H groups in total. The van der Waals surface area contributed by atoms with E-state index in [-0.39, 0.29) is 30.2 Å². The molecule has 1 fully saturated rings. The van der Waals surface area contributed by atoms with Gasteiger partial charge in [0.2, 0.25) is 16.9 Å². The van der Waals surface area contributed by atoms with E-state index in [0.29, 0.717) is 18.3 Å². The minimum Gasteiger partial charge on any atom is -0.383 e. The predicted molar refractivity (Wildman–Crippen MR) is 83.7 cm³/mol. The molecule has 0 radical (unpaired) electrons. The first-order valence-corrected chi connectivity index (χ1v) is 8.28. The lowest BCUT2D eigenvalue weighted by molar-refractivity contribution is -0.130. The molecule has 1 aromatic rings. The summed E-state index contributed by atoms with van der Waals surface area (Å²) < 4.78 is 5.07. The number of aryl methyl sites for hydroxylation is 1. The Labute approximate surface area is 134 Å². The molecule has 2 amide bonds. The van der Waals surface area contributed by atoms with Gasteiger partial charge in [0.15, 0.2) is 0 Å². The third-order valence-corrected chi connectivity index (χ3v) is 4.53. The van der Waals surface area contributed by atoms with Crippen LogP contribution in [0.15, 0.2) is 0 Å². The van der Waals surface area contributed by atoms with E-state index in [1.54, 1.807) is 12.0 Å². The number of amides is 2. The predicted octanol–water partition coefficient (Wildman–Crippen LogP) is 1.31. The third kappa shape index (κ3) is 4.01. The van der Waals surface area contributed by atoms with Crippen molar-refractivity contribution >= 4 is 28.3 Å². The summed E-state index contributed by atoms with van der Waals surface area (Å²) in [4.78, 5) is 26.0. The lowest BCUT2D eigenvalue weighted by Crippen LogP contribution is -2.38. The topological polar surface area (TPSA) is 84.4 Å². The van der Waals surface area contributed by atoms with Gasteiger partial charge in [-0.15, -0.1) is 10.2 Å². The van der Waals surface area contributed by atoms with Crippen molar-refractivity contribution in [2.24, 2.45) is 5.92 Å². The van der Waals surface area contributed by atoms with Gasteiger partial charge in [0.05, 0.1) is 18.6 Å². The molecule has 7 nitrogen and oxygen atoms in total. The molecule has 0 bridgehead atoms. The quantitative estimate of drug-likeness (QED) is 0.817. The van der Waals surface area contributed by atoms with E-state index in [9.17, 15) is 9.59 Å². The van der Waals surface area contributed by atoms with Crippen LogP contribution >= 0.6 is 11.3 Å². The second-order valence-corrected chi connectivity index (χ2v) is 6.55. The maximum atomic E-state index is 12.3. The highest BCUT2D eigenvalue weighted by Crippen LogP contribution is 2.23. The van der Waals surface area contributed by atoms with Gasteiger partial charge in [-0.05, 0) is 13.3 Å². The van der Waals surface area contributed by atoms with Crippen molar-refractivity contribution in [1.29, 1.82) is 0 Å². The molecule has 2 heterocycles. The molecule has 1 aliphatic rings. The molecule has 0 unspecified atom stereocenters. The number of rotatable bonds is 7. The summed E-state index contributed by atoms with van der Waals surface area (Å²) in [6.45, 7) is 4.88. The van der Waals surface area contributed by atoms with Gasteiger partial charge < -0.3 is 15.0 Å². The zero-order chi connectivity index (χ0) is 16.1. The molecule has 8 heteroatoms. The summed E-state index contributed by atoms with van der Waals surface area (Å²) >= 11 is 1.39. The van der Waals surface area contributed by atoms with Gasteiger partial charge in [-0.25, -0.2) is 0 Å². The number of nitrogens with zero attached hydrogens (tertiary/aromatic N) is 3. The van der Waals surface area contributed by atoms with Gasteiger partial charge in [-0.3, -0.25) is 9.59 Å². The first kappa shape index (κ1) is 16.8. The van der Waals surface area contributed by atoms with Gasteiger partial charge in [-0.1, -0.05) is 18.3 Å². The average Bonchev–Trinajstić information content (AvgIpc) is 3.06. The molecule has 1 saturated heterocycles. The zero-order valence-corrected chi connectivity index (χ0v) is 14.0. The Morgan fingerprint density at radius 3 is 3.00 bits per heavy atom. The molecule has 2 atom stereocenters. The van der Waals surface area contributed by atoms with Crippen LogP contribution in [-0.2, 0) is 20.7 Å². The lowest BCUT2D eigenvalue weighted by atomic mass is 10.1. The monoisotopic (exact) mass is 326 g/mol. The number of carbonyl (C=O) groups is 2. The fraction of sp³-hybridized carbons (Fsp3) is 0.714. The van der Waals surface area contributed by atoms with Gasteiger partial charge in [0.25, 0.3) is 0 Å². The SMILES string of the molecule is CCCc1nnc(NC(=O)[C@@H]2CC(=O)N([C@H](C)COC)C2)s1. The van der Waals surface area contributed by atoms with E-state index >= 15 is 0 Å². The van der Waals surface area contributed by atoms with E-state index in [1.165, 1.54) is 11.3 Å². The minimum atomic E-state index is -0.342. The number of ether oxygens (including phenoxy) is 1. The summed E-state index contributed by atoms with van der Waals surface area (Å²) in [5.41, 5.74) is 0. The van der Waals surface area contributed by atoms with Gasteiger partial charge in [-0.2, -0.15) is 0 Å². The molecule has 0 aromatic carbocycles. The highest BCUT2D eigenvalue weighted by molar-refractivity contribution is 7.15. The number of hydrogen-bond donors (Lipinski definition) is 1. The number of hydrogen-bond acceptors (Lipinski definition) is 6. The first-order valence-electron chi connectivity index (χ1n) is 7.46.